The first-order valence-electron chi connectivity index (χ1n) is 4.88. The van der Waals surface area contributed by atoms with Crippen molar-refractivity contribution in [3.05, 3.63) is 29.8 Å². The zero-order chi connectivity index (χ0) is 11.5. The number of halogens is 1. The van der Waals surface area contributed by atoms with Crippen molar-refractivity contribution in [2.24, 2.45) is 0 Å². The van der Waals surface area contributed by atoms with E-state index in [9.17, 15) is 9.18 Å². The maximum absolute atomic E-state index is 13.5. The normalized spacial score (nSPS) is 14.7. The van der Waals surface area contributed by atoms with E-state index in [0.29, 0.717) is 17.6 Å². The molecule has 0 heterocycles. The van der Waals surface area contributed by atoms with E-state index in [-0.39, 0.29) is 6.10 Å². The number of carbonyl (C=O) groups excluding carboxylic acids is 1. The first kappa shape index (κ1) is 11.7. The SMILES string of the molecule is CC(C)Oc1ccc(C(C)(F)C=O)cc1. The predicted octanol–water partition coefficient (Wildman–Crippen LogP) is 2.86. The smallest absolute Gasteiger partial charge is 0.187 e. The molecule has 2 nitrogen and oxygen atoms in total. The minimum absolute atomic E-state index is 0.0821. The molecule has 0 fully saturated rings. The molecule has 1 aromatic carbocycles. The molecule has 0 aliphatic carbocycles. The van der Waals surface area contributed by atoms with Gasteiger partial charge in [-0.1, -0.05) is 12.1 Å². The van der Waals surface area contributed by atoms with Crippen molar-refractivity contribution >= 4 is 6.29 Å². The Kier molecular flexibility index (Phi) is 3.45. The number of ether oxygens (including phenoxy) is 1. The van der Waals surface area contributed by atoms with Crippen LogP contribution in [0.2, 0.25) is 0 Å². The Morgan fingerprint density at radius 3 is 2.27 bits per heavy atom. The van der Waals surface area contributed by atoms with Crippen LogP contribution >= 0.6 is 0 Å². The first-order chi connectivity index (χ1) is 6.95. The maximum atomic E-state index is 13.5. The average Bonchev–Trinajstić information content (AvgIpc) is 2.18. The van der Waals surface area contributed by atoms with E-state index in [1.165, 1.54) is 6.92 Å². The third kappa shape index (κ3) is 3.05. The summed E-state index contributed by atoms with van der Waals surface area (Å²) in [6.45, 7) is 5.06. The topological polar surface area (TPSA) is 26.3 Å². The molecule has 3 heteroatoms. The van der Waals surface area contributed by atoms with Crippen LogP contribution in [0, 0.1) is 0 Å². The highest BCUT2D eigenvalue weighted by atomic mass is 19.1. The van der Waals surface area contributed by atoms with Crippen LogP contribution in [0.1, 0.15) is 26.3 Å². The minimum atomic E-state index is -1.92. The van der Waals surface area contributed by atoms with Crippen molar-refractivity contribution in [3.63, 3.8) is 0 Å². The summed E-state index contributed by atoms with van der Waals surface area (Å²) in [6, 6.07) is 6.45. The first-order valence-corrected chi connectivity index (χ1v) is 4.88. The number of benzene rings is 1. The second kappa shape index (κ2) is 4.43. The van der Waals surface area contributed by atoms with Crippen LogP contribution in [0.25, 0.3) is 0 Å². The van der Waals surface area contributed by atoms with Gasteiger partial charge in [0.1, 0.15) is 5.75 Å². The van der Waals surface area contributed by atoms with Crippen LogP contribution in [0.3, 0.4) is 0 Å². The van der Waals surface area contributed by atoms with Gasteiger partial charge in [-0.3, -0.25) is 4.79 Å². The van der Waals surface area contributed by atoms with Gasteiger partial charge in [0.15, 0.2) is 12.0 Å². The lowest BCUT2D eigenvalue weighted by molar-refractivity contribution is -0.117. The van der Waals surface area contributed by atoms with E-state index >= 15 is 0 Å². The average molecular weight is 210 g/mol. The summed E-state index contributed by atoms with van der Waals surface area (Å²) < 4.78 is 18.9. The quantitative estimate of drug-likeness (QED) is 0.714. The highest BCUT2D eigenvalue weighted by Crippen LogP contribution is 2.25. The molecule has 0 N–H and O–H groups in total. The fraction of sp³-hybridized carbons (Fsp3) is 0.417. The lowest BCUT2D eigenvalue weighted by Crippen LogP contribution is -2.16. The molecule has 1 aromatic rings. The summed E-state index contributed by atoms with van der Waals surface area (Å²) in [4.78, 5) is 10.5. The molecule has 1 rings (SSSR count). The zero-order valence-electron chi connectivity index (χ0n) is 9.16. The molecule has 0 amide bonds. The molecule has 0 spiro atoms. The van der Waals surface area contributed by atoms with Gasteiger partial charge in [-0.15, -0.1) is 0 Å². The summed E-state index contributed by atoms with van der Waals surface area (Å²) >= 11 is 0. The Morgan fingerprint density at radius 2 is 1.87 bits per heavy atom. The van der Waals surface area contributed by atoms with Gasteiger partial charge in [-0.05, 0) is 38.5 Å². The molecule has 0 saturated carbocycles. The molecule has 0 bridgehead atoms. The van der Waals surface area contributed by atoms with Crippen LogP contribution in [0.15, 0.2) is 24.3 Å². The number of rotatable bonds is 4. The summed E-state index contributed by atoms with van der Waals surface area (Å²) in [7, 11) is 0. The Hall–Kier alpha value is -1.38. The molecule has 15 heavy (non-hydrogen) atoms. The van der Waals surface area contributed by atoms with Crippen LogP contribution in [-0.2, 0) is 10.5 Å². The van der Waals surface area contributed by atoms with Crippen molar-refractivity contribution in [2.75, 3.05) is 0 Å². The molecule has 0 aliphatic rings. The molecule has 1 atom stereocenters. The van der Waals surface area contributed by atoms with Crippen LogP contribution in [0.5, 0.6) is 5.75 Å². The largest absolute Gasteiger partial charge is 0.491 e. The molecule has 1 unspecified atom stereocenters. The van der Waals surface area contributed by atoms with Crippen LogP contribution < -0.4 is 4.74 Å². The Bertz CT molecular complexity index is 328. The number of hydrogen-bond acceptors (Lipinski definition) is 2. The van der Waals surface area contributed by atoms with Crippen molar-refractivity contribution in [1.82, 2.24) is 0 Å². The summed E-state index contributed by atoms with van der Waals surface area (Å²) in [5.74, 6) is 0.676. The van der Waals surface area contributed by atoms with E-state index in [1.54, 1.807) is 24.3 Å². The van der Waals surface area contributed by atoms with Crippen LogP contribution in [0.4, 0.5) is 4.39 Å². The van der Waals surface area contributed by atoms with E-state index in [0.717, 1.165) is 0 Å². The second-order valence-corrected chi connectivity index (χ2v) is 3.88. The van der Waals surface area contributed by atoms with Crippen LogP contribution in [-0.4, -0.2) is 12.4 Å². The third-order valence-electron chi connectivity index (χ3n) is 2.01. The Labute approximate surface area is 89.1 Å². The lowest BCUT2D eigenvalue weighted by atomic mass is 10.00. The molecule has 0 radical (unpaired) electrons. The number of aldehydes is 1. The minimum Gasteiger partial charge on any atom is -0.491 e. The molecule has 0 aliphatic heterocycles. The highest BCUT2D eigenvalue weighted by Gasteiger charge is 2.24. The van der Waals surface area contributed by atoms with Gasteiger partial charge >= 0.3 is 0 Å². The third-order valence-corrected chi connectivity index (χ3v) is 2.01. The molecular weight excluding hydrogens is 195 g/mol. The fourth-order valence-electron chi connectivity index (χ4n) is 1.20. The number of hydrogen-bond donors (Lipinski definition) is 0. The molecule has 82 valence electrons. The monoisotopic (exact) mass is 210 g/mol. The molecule has 0 aromatic heterocycles. The standard InChI is InChI=1S/C12H15FO2/c1-9(2)15-11-6-4-10(5-7-11)12(3,13)8-14/h4-9H,1-3H3. The van der Waals surface area contributed by atoms with Gasteiger partial charge in [-0.2, -0.15) is 0 Å². The van der Waals surface area contributed by atoms with Gasteiger partial charge in [0.05, 0.1) is 6.10 Å². The van der Waals surface area contributed by atoms with Crippen molar-refractivity contribution < 1.29 is 13.9 Å². The fourth-order valence-corrected chi connectivity index (χ4v) is 1.20. The second-order valence-electron chi connectivity index (χ2n) is 3.88. The van der Waals surface area contributed by atoms with E-state index < -0.39 is 5.67 Å². The summed E-state index contributed by atoms with van der Waals surface area (Å²) in [5, 5.41) is 0. The number of carbonyl (C=O) groups is 1. The van der Waals surface area contributed by atoms with Gasteiger partial charge in [0.2, 0.25) is 0 Å². The van der Waals surface area contributed by atoms with E-state index in [1.807, 2.05) is 13.8 Å². The van der Waals surface area contributed by atoms with Crippen molar-refractivity contribution in [1.29, 1.82) is 0 Å². The number of alkyl halides is 1. The van der Waals surface area contributed by atoms with E-state index in [4.69, 9.17) is 4.74 Å². The summed E-state index contributed by atoms with van der Waals surface area (Å²) in [6.07, 6.45) is 0.379. The van der Waals surface area contributed by atoms with E-state index in [2.05, 4.69) is 0 Å². The highest BCUT2D eigenvalue weighted by molar-refractivity contribution is 5.65. The maximum Gasteiger partial charge on any atom is 0.187 e. The van der Waals surface area contributed by atoms with Crippen molar-refractivity contribution in [2.45, 2.75) is 32.5 Å². The lowest BCUT2D eigenvalue weighted by Gasteiger charge is -2.14. The Balaban J connectivity index is 2.85. The predicted molar refractivity (Wildman–Crippen MR) is 56.7 cm³/mol. The molecule has 0 saturated heterocycles. The van der Waals surface area contributed by atoms with Gasteiger partial charge in [-0.25, -0.2) is 4.39 Å². The summed E-state index contributed by atoms with van der Waals surface area (Å²) in [5.41, 5.74) is -1.58. The van der Waals surface area contributed by atoms with Gasteiger partial charge in [0, 0.05) is 0 Å². The zero-order valence-corrected chi connectivity index (χ0v) is 9.16. The van der Waals surface area contributed by atoms with Crippen molar-refractivity contribution in [3.8, 4) is 5.75 Å². The Morgan fingerprint density at radius 1 is 1.33 bits per heavy atom. The van der Waals surface area contributed by atoms with Gasteiger partial charge < -0.3 is 4.74 Å². The van der Waals surface area contributed by atoms with Gasteiger partial charge in [0.25, 0.3) is 0 Å². The molecular formula is C12H15FO2.